The summed E-state index contributed by atoms with van der Waals surface area (Å²) in [7, 11) is 1.75. The molecule has 5 nitrogen and oxygen atoms in total. The van der Waals surface area contributed by atoms with Crippen LogP contribution in [0, 0.1) is 17.2 Å². The van der Waals surface area contributed by atoms with Gasteiger partial charge in [-0.3, -0.25) is 0 Å². The van der Waals surface area contributed by atoms with E-state index >= 15 is 0 Å². The first-order valence-corrected chi connectivity index (χ1v) is 7.76. The topological polar surface area (TPSA) is 76.4 Å². The molecule has 0 bridgehead atoms. The molecule has 118 valence electrons. The monoisotopic (exact) mass is 301 g/mol. The summed E-state index contributed by atoms with van der Waals surface area (Å²) in [4.78, 5) is 13.8. The molecule has 1 fully saturated rings. The van der Waals surface area contributed by atoms with E-state index < -0.39 is 0 Å². The number of benzene rings is 1. The van der Waals surface area contributed by atoms with Gasteiger partial charge in [0.15, 0.2) is 0 Å². The standard InChI is InChI=1S/C17H23N3O2/c1-20(12-15-7-2-3-8-16(15)21)17(22)19-11-14-6-4-5-13(9-14)10-18/h4-6,9,15-16,21H,2-3,7-8,11-12H2,1H3,(H,19,22). The van der Waals surface area contributed by atoms with E-state index in [1.54, 1.807) is 24.1 Å². The van der Waals surface area contributed by atoms with Crippen molar-refractivity contribution in [1.29, 1.82) is 5.26 Å². The van der Waals surface area contributed by atoms with Gasteiger partial charge in [0.1, 0.15) is 0 Å². The van der Waals surface area contributed by atoms with Crippen LogP contribution >= 0.6 is 0 Å². The van der Waals surface area contributed by atoms with Crippen LogP contribution in [0.3, 0.4) is 0 Å². The summed E-state index contributed by atoms with van der Waals surface area (Å²) in [6.45, 7) is 0.969. The highest BCUT2D eigenvalue weighted by molar-refractivity contribution is 5.73. The van der Waals surface area contributed by atoms with Crippen LogP contribution in [-0.2, 0) is 6.54 Å². The highest BCUT2D eigenvalue weighted by Crippen LogP contribution is 2.24. The van der Waals surface area contributed by atoms with Crippen molar-refractivity contribution in [1.82, 2.24) is 10.2 Å². The van der Waals surface area contributed by atoms with Crippen LogP contribution in [0.15, 0.2) is 24.3 Å². The number of urea groups is 1. The number of hydrogen-bond acceptors (Lipinski definition) is 3. The van der Waals surface area contributed by atoms with Gasteiger partial charge in [0.25, 0.3) is 0 Å². The number of hydrogen-bond donors (Lipinski definition) is 2. The van der Waals surface area contributed by atoms with E-state index in [4.69, 9.17) is 5.26 Å². The summed E-state index contributed by atoms with van der Waals surface area (Å²) in [6, 6.07) is 9.13. The van der Waals surface area contributed by atoms with Crippen LogP contribution in [0.1, 0.15) is 36.8 Å². The van der Waals surface area contributed by atoms with Gasteiger partial charge in [-0.15, -0.1) is 0 Å². The molecule has 1 aromatic rings. The molecule has 1 aromatic carbocycles. The number of amides is 2. The Kier molecular flexibility index (Phi) is 5.79. The molecule has 2 unspecified atom stereocenters. The third-order valence-electron chi connectivity index (χ3n) is 4.22. The Morgan fingerprint density at radius 3 is 2.95 bits per heavy atom. The highest BCUT2D eigenvalue weighted by atomic mass is 16.3. The summed E-state index contributed by atoms with van der Waals surface area (Å²) in [5, 5.41) is 21.7. The zero-order chi connectivity index (χ0) is 15.9. The van der Waals surface area contributed by atoms with E-state index in [0.29, 0.717) is 18.7 Å². The Hall–Kier alpha value is -2.06. The van der Waals surface area contributed by atoms with Crippen molar-refractivity contribution in [2.75, 3.05) is 13.6 Å². The lowest BCUT2D eigenvalue weighted by Crippen LogP contribution is -2.42. The summed E-state index contributed by atoms with van der Waals surface area (Å²) < 4.78 is 0. The molecule has 0 spiro atoms. The molecule has 1 aliphatic carbocycles. The molecule has 5 heteroatoms. The van der Waals surface area contributed by atoms with Crippen molar-refractivity contribution in [2.24, 2.45) is 5.92 Å². The lowest BCUT2D eigenvalue weighted by molar-refractivity contribution is 0.0565. The fraction of sp³-hybridized carbons (Fsp3) is 0.529. The largest absolute Gasteiger partial charge is 0.393 e. The number of aliphatic hydroxyl groups is 1. The van der Waals surface area contributed by atoms with Gasteiger partial charge in [-0.1, -0.05) is 25.0 Å². The van der Waals surface area contributed by atoms with E-state index in [1.807, 2.05) is 12.1 Å². The Morgan fingerprint density at radius 2 is 2.23 bits per heavy atom. The number of nitrogens with one attached hydrogen (secondary N) is 1. The van der Waals surface area contributed by atoms with Crippen LogP contribution in [0.25, 0.3) is 0 Å². The molecule has 2 rings (SSSR count). The second-order valence-corrected chi connectivity index (χ2v) is 5.96. The van der Waals surface area contributed by atoms with Gasteiger partial charge in [0.2, 0.25) is 0 Å². The van der Waals surface area contributed by atoms with Crippen molar-refractivity contribution < 1.29 is 9.90 Å². The quantitative estimate of drug-likeness (QED) is 0.895. The van der Waals surface area contributed by atoms with Crippen LogP contribution < -0.4 is 5.32 Å². The number of rotatable bonds is 4. The maximum absolute atomic E-state index is 12.1. The fourth-order valence-corrected chi connectivity index (χ4v) is 2.90. The van der Waals surface area contributed by atoms with Gasteiger partial charge in [0, 0.05) is 26.1 Å². The SMILES string of the molecule is CN(CC1CCCCC1O)C(=O)NCc1cccc(C#N)c1. The zero-order valence-corrected chi connectivity index (χ0v) is 13.0. The zero-order valence-electron chi connectivity index (χ0n) is 13.0. The molecule has 0 aliphatic heterocycles. The van der Waals surface area contributed by atoms with Crippen molar-refractivity contribution >= 4 is 6.03 Å². The molecule has 0 saturated heterocycles. The predicted octanol–water partition coefficient (Wildman–Crippen LogP) is 2.25. The minimum absolute atomic E-state index is 0.153. The Labute approximate surface area is 131 Å². The molecule has 1 saturated carbocycles. The van der Waals surface area contributed by atoms with Crippen molar-refractivity contribution in [2.45, 2.75) is 38.3 Å². The molecule has 2 N–H and O–H groups in total. The molecule has 2 amide bonds. The highest BCUT2D eigenvalue weighted by Gasteiger charge is 2.25. The van der Waals surface area contributed by atoms with Gasteiger partial charge < -0.3 is 15.3 Å². The summed E-state index contributed by atoms with van der Waals surface area (Å²) in [5.41, 5.74) is 1.49. The number of carbonyl (C=O) groups is 1. The third kappa shape index (κ3) is 4.47. The average Bonchev–Trinajstić information content (AvgIpc) is 2.54. The number of carbonyl (C=O) groups excluding carboxylic acids is 1. The fourth-order valence-electron chi connectivity index (χ4n) is 2.90. The number of nitrogens with zero attached hydrogens (tertiary/aromatic N) is 2. The Bertz CT molecular complexity index is 553. The molecule has 0 aromatic heterocycles. The number of nitriles is 1. The maximum atomic E-state index is 12.1. The first kappa shape index (κ1) is 16.3. The summed E-state index contributed by atoms with van der Waals surface area (Å²) in [5.74, 6) is 0.173. The molecular weight excluding hydrogens is 278 g/mol. The summed E-state index contributed by atoms with van der Waals surface area (Å²) in [6.07, 6.45) is 3.71. The number of aliphatic hydroxyl groups excluding tert-OH is 1. The minimum Gasteiger partial charge on any atom is -0.393 e. The van der Waals surface area contributed by atoms with Gasteiger partial charge in [-0.2, -0.15) is 5.26 Å². The molecule has 2 atom stereocenters. The van der Waals surface area contributed by atoms with E-state index in [9.17, 15) is 9.90 Å². The second kappa shape index (κ2) is 7.81. The predicted molar refractivity (Wildman–Crippen MR) is 84.0 cm³/mol. The second-order valence-electron chi connectivity index (χ2n) is 5.96. The van der Waals surface area contributed by atoms with E-state index in [2.05, 4.69) is 11.4 Å². The van der Waals surface area contributed by atoms with E-state index in [-0.39, 0.29) is 18.1 Å². The van der Waals surface area contributed by atoms with Crippen LogP contribution in [0.2, 0.25) is 0 Å². The first-order chi connectivity index (χ1) is 10.6. The van der Waals surface area contributed by atoms with Crippen LogP contribution in [-0.4, -0.2) is 35.7 Å². The van der Waals surface area contributed by atoms with Gasteiger partial charge in [-0.05, 0) is 30.5 Å². The molecular formula is C17H23N3O2. The van der Waals surface area contributed by atoms with E-state index in [1.165, 1.54) is 0 Å². The van der Waals surface area contributed by atoms with Gasteiger partial charge >= 0.3 is 6.03 Å². The average molecular weight is 301 g/mol. The first-order valence-electron chi connectivity index (χ1n) is 7.76. The molecule has 0 radical (unpaired) electrons. The lowest BCUT2D eigenvalue weighted by atomic mass is 9.86. The maximum Gasteiger partial charge on any atom is 0.317 e. The summed E-state index contributed by atoms with van der Waals surface area (Å²) >= 11 is 0. The molecule has 0 heterocycles. The Morgan fingerprint density at radius 1 is 1.45 bits per heavy atom. The van der Waals surface area contributed by atoms with Crippen LogP contribution in [0.4, 0.5) is 4.79 Å². The van der Waals surface area contributed by atoms with Crippen molar-refractivity contribution in [3.8, 4) is 6.07 Å². The molecule has 22 heavy (non-hydrogen) atoms. The van der Waals surface area contributed by atoms with Crippen molar-refractivity contribution in [3.05, 3.63) is 35.4 Å². The Balaban J connectivity index is 1.82. The van der Waals surface area contributed by atoms with Gasteiger partial charge in [-0.25, -0.2) is 4.79 Å². The molecule has 1 aliphatic rings. The lowest BCUT2D eigenvalue weighted by Gasteiger charge is -2.31. The van der Waals surface area contributed by atoms with Gasteiger partial charge in [0.05, 0.1) is 17.7 Å². The smallest absolute Gasteiger partial charge is 0.317 e. The third-order valence-corrected chi connectivity index (χ3v) is 4.22. The minimum atomic E-state index is -0.295. The van der Waals surface area contributed by atoms with Crippen LogP contribution in [0.5, 0.6) is 0 Å². The van der Waals surface area contributed by atoms with Crippen molar-refractivity contribution in [3.63, 3.8) is 0 Å². The van der Waals surface area contributed by atoms with E-state index in [0.717, 1.165) is 31.2 Å². The normalized spacial score (nSPS) is 21.0.